The SMILES string of the molecule is O=C(O)c1ccccc1-c1c2ccc(=O)c([As]3SCCS3)c-2oc2c(Cc3ccccc3)c(O)ccc12. The molecule has 3 aliphatic rings. The number of hydrogen-bond acceptors (Lipinski definition) is 6. The van der Waals surface area contributed by atoms with E-state index in [0.717, 1.165) is 27.0 Å². The predicted octanol–water partition coefficient (Wildman–Crippen LogP) is 5.73. The maximum absolute atomic E-state index is 13.2. The van der Waals surface area contributed by atoms with Gasteiger partial charge in [0.2, 0.25) is 0 Å². The zero-order valence-corrected chi connectivity index (χ0v) is 23.0. The molecular weight excluding hydrogens is 567 g/mol. The fourth-order valence-electron chi connectivity index (χ4n) is 4.76. The number of carboxylic acids is 1. The number of carboxylic acid groups (broad SMARTS) is 1. The third-order valence-electron chi connectivity index (χ3n) is 6.41. The summed E-state index contributed by atoms with van der Waals surface area (Å²) >= 11 is -1.79. The summed E-state index contributed by atoms with van der Waals surface area (Å²) in [6, 6.07) is 23.5. The molecule has 0 bridgehead atoms. The summed E-state index contributed by atoms with van der Waals surface area (Å²) < 4.78 is 7.34. The van der Waals surface area contributed by atoms with Crippen LogP contribution in [0.25, 0.3) is 33.4 Å². The number of hydrogen-bond donors (Lipinski definition) is 2. The van der Waals surface area contributed by atoms with Gasteiger partial charge < -0.3 is 0 Å². The fraction of sp³-hybridized carbons (Fsp3) is 0.103. The Hall–Kier alpha value is -3.12. The van der Waals surface area contributed by atoms with Gasteiger partial charge in [0, 0.05) is 0 Å². The second kappa shape index (κ2) is 9.97. The Labute approximate surface area is 224 Å². The molecule has 5 nitrogen and oxygen atoms in total. The van der Waals surface area contributed by atoms with Crippen LogP contribution in [0.5, 0.6) is 5.75 Å². The summed E-state index contributed by atoms with van der Waals surface area (Å²) in [5.74, 6) is 1.58. The van der Waals surface area contributed by atoms with E-state index in [1.807, 2.05) is 56.4 Å². The van der Waals surface area contributed by atoms with E-state index in [1.54, 1.807) is 42.5 Å². The molecule has 1 fully saturated rings. The van der Waals surface area contributed by atoms with Crippen LogP contribution in [0.4, 0.5) is 0 Å². The molecule has 37 heavy (non-hydrogen) atoms. The van der Waals surface area contributed by atoms with Crippen LogP contribution >= 0.6 is 20.0 Å². The second-order valence-corrected chi connectivity index (χ2v) is 20.2. The van der Waals surface area contributed by atoms with Gasteiger partial charge in [-0.15, -0.1) is 0 Å². The minimum absolute atomic E-state index is 0.0419. The van der Waals surface area contributed by atoms with E-state index >= 15 is 0 Å². The van der Waals surface area contributed by atoms with Crippen molar-refractivity contribution in [2.24, 2.45) is 0 Å². The molecular formula is C29H21AsO5S2. The quantitative estimate of drug-likeness (QED) is 0.200. The van der Waals surface area contributed by atoms with Gasteiger partial charge in [-0.05, 0) is 0 Å². The van der Waals surface area contributed by atoms with E-state index in [1.165, 1.54) is 0 Å². The van der Waals surface area contributed by atoms with E-state index in [9.17, 15) is 19.8 Å². The third-order valence-corrected chi connectivity index (χ3v) is 20.0. The van der Waals surface area contributed by atoms with E-state index < -0.39 is 18.3 Å². The van der Waals surface area contributed by atoms with Crippen molar-refractivity contribution in [2.45, 2.75) is 6.42 Å². The van der Waals surface area contributed by atoms with Gasteiger partial charge in [0.25, 0.3) is 0 Å². The molecule has 6 rings (SSSR count). The molecule has 2 N–H and O–H groups in total. The van der Waals surface area contributed by atoms with Crippen LogP contribution in [0, 0.1) is 0 Å². The number of benzene rings is 4. The zero-order valence-electron chi connectivity index (χ0n) is 19.5. The Morgan fingerprint density at radius 1 is 0.892 bits per heavy atom. The molecule has 0 radical (unpaired) electrons. The number of aromatic carboxylic acids is 1. The van der Waals surface area contributed by atoms with Crippen molar-refractivity contribution in [1.29, 1.82) is 0 Å². The van der Waals surface area contributed by atoms with Crippen LogP contribution in [0.1, 0.15) is 21.5 Å². The maximum atomic E-state index is 13.2. The average Bonchev–Trinajstić information content (AvgIpc) is 3.44. The Kier molecular flexibility index (Phi) is 6.53. The number of fused-ring (bicyclic) bond motifs is 2. The predicted molar refractivity (Wildman–Crippen MR) is 153 cm³/mol. The zero-order chi connectivity index (χ0) is 25.5. The van der Waals surface area contributed by atoms with Crippen LogP contribution in [0.2, 0.25) is 0 Å². The summed E-state index contributed by atoms with van der Waals surface area (Å²) in [6.45, 7) is 0. The molecule has 0 amide bonds. The number of carbonyl (C=O) groups is 1. The van der Waals surface area contributed by atoms with Gasteiger partial charge in [0.15, 0.2) is 0 Å². The third kappa shape index (κ3) is 4.35. The fourth-order valence-corrected chi connectivity index (χ4v) is 19.5. The number of aromatic hydroxyl groups is 1. The average molecular weight is 589 g/mol. The Bertz CT molecular complexity index is 1680. The van der Waals surface area contributed by atoms with Crippen molar-refractivity contribution in [1.82, 2.24) is 0 Å². The van der Waals surface area contributed by atoms with Gasteiger partial charge in [-0.1, -0.05) is 0 Å². The monoisotopic (exact) mass is 588 g/mol. The summed E-state index contributed by atoms with van der Waals surface area (Å²) in [5.41, 5.74) is 4.18. The summed E-state index contributed by atoms with van der Waals surface area (Å²) in [5, 5.41) is 21.7. The van der Waals surface area contributed by atoms with Gasteiger partial charge >= 0.3 is 225 Å². The number of phenolic OH excluding ortho intramolecular Hbond substituents is 1. The van der Waals surface area contributed by atoms with Crippen LogP contribution < -0.4 is 9.78 Å². The first kappa shape index (κ1) is 24.2. The molecule has 0 aromatic heterocycles. The summed E-state index contributed by atoms with van der Waals surface area (Å²) in [6.07, 6.45) is 0.427. The van der Waals surface area contributed by atoms with Crippen molar-refractivity contribution >= 4 is 53.7 Å². The Morgan fingerprint density at radius 3 is 2.38 bits per heavy atom. The van der Waals surface area contributed by atoms with E-state index in [2.05, 4.69) is 0 Å². The molecule has 0 atom stereocenters. The van der Waals surface area contributed by atoms with Crippen molar-refractivity contribution in [3.63, 3.8) is 0 Å². The first-order chi connectivity index (χ1) is 18.0. The summed E-state index contributed by atoms with van der Waals surface area (Å²) in [4.78, 5) is 25.5. The van der Waals surface area contributed by atoms with Crippen LogP contribution in [-0.4, -0.2) is 40.0 Å². The van der Waals surface area contributed by atoms with E-state index in [4.69, 9.17) is 4.42 Å². The Balaban J connectivity index is 1.75. The van der Waals surface area contributed by atoms with Crippen LogP contribution in [0.3, 0.4) is 0 Å². The van der Waals surface area contributed by atoms with Gasteiger partial charge in [-0.25, -0.2) is 0 Å². The standard InChI is InChI=1S/C29H21AsO5S2/c31-23-12-10-20-25(18-8-4-5-9-19(18)29(33)34)21-11-13-24(32)26(30-36-14-15-37-30)28(21)35-27(20)22(23)16-17-6-2-1-3-7-17/h1-13,31H,14-16H2,(H,33,34). The molecule has 0 spiro atoms. The van der Waals surface area contributed by atoms with Gasteiger partial charge in [-0.2, -0.15) is 0 Å². The molecule has 1 aliphatic carbocycles. The molecule has 2 heterocycles. The first-order valence-electron chi connectivity index (χ1n) is 11.7. The van der Waals surface area contributed by atoms with Gasteiger partial charge in [0.1, 0.15) is 0 Å². The Morgan fingerprint density at radius 2 is 1.62 bits per heavy atom. The normalized spacial score (nSPS) is 13.9. The minimum atomic E-state index is -1.79. The molecule has 3 aromatic rings. The van der Waals surface area contributed by atoms with Crippen LogP contribution in [-0.2, 0) is 6.42 Å². The number of phenols is 1. The van der Waals surface area contributed by atoms with Crippen molar-refractivity contribution in [3.8, 4) is 28.2 Å². The van der Waals surface area contributed by atoms with Gasteiger partial charge in [0.05, 0.1) is 0 Å². The molecule has 8 heteroatoms. The topological polar surface area (TPSA) is 87.7 Å². The van der Waals surface area contributed by atoms with Crippen molar-refractivity contribution < 1.29 is 19.4 Å². The van der Waals surface area contributed by atoms with Gasteiger partial charge in [-0.3, -0.25) is 0 Å². The molecule has 3 aromatic carbocycles. The molecule has 0 saturated carbocycles. The van der Waals surface area contributed by atoms with Crippen LogP contribution in [0.15, 0.2) is 88.1 Å². The van der Waals surface area contributed by atoms with E-state index in [-0.39, 0.29) is 16.7 Å². The summed E-state index contributed by atoms with van der Waals surface area (Å²) in [7, 11) is 3.71. The molecule has 0 unspecified atom stereocenters. The second-order valence-electron chi connectivity index (χ2n) is 8.64. The molecule has 184 valence electrons. The first-order valence-corrected chi connectivity index (χ1v) is 19.1. The molecule has 1 saturated heterocycles. The number of rotatable bonds is 5. The van der Waals surface area contributed by atoms with E-state index in [0.29, 0.717) is 39.8 Å². The van der Waals surface area contributed by atoms with Crippen molar-refractivity contribution in [3.05, 3.63) is 106 Å². The molecule has 2 aliphatic heterocycles. The van der Waals surface area contributed by atoms with Crippen molar-refractivity contribution in [2.75, 3.05) is 11.5 Å².